The summed E-state index contributed by atoms with van der Waals surface area (Å²) in [5.74, 6) is -0.705. The zero-order valence-electron chi connectivity index (χ0n) is 14.6. The quantitative estimate of drug-likeness (QED) is 0.869. The number of hydrogen-bond donors (Lipinski definition) is 2. The number of rotatable bonds is 5. The Bertz CT molecular complexity index is 848. The van der Waals surface area contributed by atoms with Crippen LogP contribution in [0.4, 0.5) is 17.1 Å². The molecule has 2 aromatic carbocycles. The van der Waals surface area contributed by atoms with E-state index >= 15 is 0 Å². The summed E-state index contributed by atoms with van der Waals surface area (Å²) in [5, 5.41) is 5.55. The molecule has 0 aliphatic carbocycles. The first kappa shape index (κ1) is 17.7. The molecule has 1 aliphatic rings. The fourth-order valence-corrected chi connectivity index (χ4v) is 2.90. The second kappa shape index (κ2) is 7.82. The van der Waals surface area contributed by atoms with Gasteiger partial charge < -0.3 is 15.5 Å². The van der Waals surface area contributed by atoms with E-state index in [1.807, 2.05) is 37.3 Å². The van der Waals surface area contributed by atoms with Gasteiger partial charge in [-0.05, 0) is 36.2 Å². The molecule has 3 amide bonds. The number of anilines is 3. The molecule has 0 fully saturated rings. The number of aryl methyl sites for hydroxylation is 1. The van der Waals surface area contributed by atoms with Crippen molar-refractivity contribution in [2.75, 3.05) is 22.1 Å². The molecule has 3 rings (SSSR count). The number of carbonyl (C=O) groups excluding carboxylic acids is 3. The maximum Gasteiger partial charge on any atom is 0.244 e. The average Bonchev–Trinajstić information content (AvgIpc) is 2.65. The molecule has 0 bridgehead atoms. The van der Waals surface area contributed by atoms with Gasteiger partial charge in [0.05, 0.1) is 11.4 Å². The van der Waals surface area contributed by atoms with Crippen molar-refractivity contribution < 1.29 is 14.4 Å². The van der Waals surface area contributed by atoms with E-state index in [4.69, 9.17) is 0 Å². The number of amides is 3. The third kappa shape index (κ3) is 4.08. The smallest absolute Gasteiger partial charge is 0.244 e. The number of fused-ring (bicyclic) bond motifs is 1. The van der Waals surface area contributed by atoms with Gasteiger partial charge in [0.15, 0.2) is 0 Å². The molecule has 2 N–H and O–H groups in total. The lowest BCUT2D eigenvalue weighted by atomic mass is 10.1. The van der Waals surface area contributed by atoms with E-state index in [1.165, 1.54) is 4.90 Å². The summed E-state index contributed by atoms with van der Waals surface area (Å²) in [4.78, 5) is 37.9. The molecule has 0 spiro atoms. The highest BCUT2D eigenvalue weighted by atomic mass is 16.2. The van der Waals surface area contributed by atoms with Gasteiger partial charge in [-0.3, -0.25) is 14.4 Å². The fraction of sp³-hybridized carbons (Fsp3) is 0.250. The summed E-state index contributed by atoms with van der Waals surface area (Å²) in [7, 11) is 0. The largest absolute Gasteiger partial charge is 0.326 e. The minimum absolute atomic E-state index is 0.0317. The lowest BCUT2D eigenvalue weighted by Gasteiger charge is -2.29. The topological polar surface area (TPSA) is 78.5 Å². The van der Waals surface area contributed by atoms with Crippen LogP contribution in [0.5, 0.6) is 0 Å². The van der Waals surface area contributed by atoms with Crippen LogP contribution in [-0.2, 0) is 20.8 Å². The zero-order valence-corrected chi connectivity index (χ0v) is 14.6. The zero-order chi connectivity index (χ0) is 18.5. The molecule has 0 radical (unpaired) electrons. The number of hydrogen-bond acceptors (Lipinski definition) is 3. The highest BCUT2D eigenvalue weighted by molar-refractivity contribution is 6.10. The Hall–Kier alpha value is -3.15. The van der Waals surface area contributed by atoms with Crippen LogP contribution in [0.2, 0.25) is 0 Å². The molecule has 1 aliphatic heterocycles. The van der Waals surface area contributed by atoms with Gasteiger partial charge in [0.2, 0.25) is 17.7 Å². The molecular formula is C20H21N3O3. The van der Waals surface area contributed by atoms with Crippen molar-refractivity contribution in [2.45, 2.75) is 26.2 Å². The summed E-state index contributed by atoms with van der Waals surface area (Å²) in [6.45, 7) is 2.02. The monoisotopic (exact) mass is 351 g/mol. The molecule has 0 saturated carbocycles. The van der Waals surface area contributed by atoms with Gasteiger partial charge in [0.25, 0.3) is 0 Å². The Morgan fingerprint density at radius 1 is 1.12 bits per heavy atom. The van der Waals surface area contributed by atoms with Crippen molar-refractivity contribution in [2.24, 2.45) is 0 Å². The SMILES string of the molecule is CCc1cccc(NC(=O)CCC(=O)N2CC(=O)Nc3ccccc32)c1. The highest BCUT2D eigenvalue weighted by Gasteiger charge is 2.26. The third-order valence-corrected chi connectivity index (χ3v) is 4.26. The molecular weight excluding hydrogens is 330 g/mol. The van der Waals surface area contributed by atoms with E-state index in [1.54, 1.807) is 18.2 Å². The van der Waals surface area contributed by atoms with Crippen LogP contribution < -0.4 is 15.5 Å². The van der Waals surface area contributed by atoms with Gasteiger partial charge in [-0.2, -0.15) is 0 Å². The van der Waals surface area contributed by atoms with Crippen LogP contribution in [0.25, 0.3) is 0 Å². The third-order valence-electron chi connectivity index (χ3n) is 4.26. The Labute approximate surface area is 152 Å². The van der Waals surface area contributed by atoms with Crippen LogP contribution in [0.1, 0.15) is 25.3 Å². The fourth-order valence-electron chi connectivity index (χ4n) is 2.90. The van der Waals surface area contributed by atoms with Crippen LogP contribution in [0.15, 0.2) is 48.5 Å². The molecule has 0 unspecified atom stereocenters. The predicted molar refractivity (Wildman–Crippen MR) is 101 cm³/mol. The summed E-state index contributed by atoms with van der Waals surface area (Å²) >= 11 is 0. The van der Waals surface area contributed by atoms with E-state index in [0.717, 1.165) is 17.7 Å². The molecule has 134 valence electrons. The molecule has 26 heavy (non-hydrogen) atoms. The van der Waals surface area contributed by atoms with Gasteiger partial charge >= 0.3 is 0 Å². The van der Waals surface area contributed by atoms with E-state index in [-0.39, 0.29) is 37.1 Å². The molecule has 2 aromatic rings. The average molecular weight is 351 g/mol. The molecule has 1 heterocycles. The van der Waals surface area contributed by atoms with Crippen molar-refractivity contribution in [3.63, 3.8) is 0 Å². The number of nitrogens with one attached hydrogen (secondary N) is 2. The number of nitrogens with zero attached hydrogens (tertiary/aromatic N) is 1. The first-order valence-corrected chi connectivity index (χ1v) is 8.65. The van der Waals surface area contributed by atoms with Crippen molar-refractivity contribution in [3.8, 4) is 0 Å². The Kier molecular flexibility index (Phi) is 5.31. The van der Waals surface area contributed by atoms with Crippen molar-refractivity contribution in [3.05, 3.63) is 54.1 Å². The first-order valence-electron chi connectivity index (χ1n) is 8.65. The van der Waals surface area contributed by atoms with Gasteiger partial charge in [0, 0.05) is 18.5 Å². The van der Waals surface area contributed by atoms with Gasteiger partial charge in [-0.15, -0.1) is 0 Å². The van der Waals surface area contributed by atoms with Crippen molar-refractivity contribution >= 4 is 34.8 Å². The lowest BCUT2D eigenvalue weighted by molar-refractivity contribution is -0.124. The number of carbonyl (C=O) groups is 3. The molecule has 0 aromatic heterocycles. The van der Waals surface area contributed by atoms with E-state index < -0.39 is 0 Å². The Balaban J connectivity index is 1.60. The first-order chi connectivity index (χ1) is 12.6. The summed E-state index contributed by atoms with van der Waals surface area (Å²) in [5.41, 5.74) is 3.13. The number of para-hydroxylation sites is 2. The standard InChI is InChI=1S/C20H21N3O3/c1-2-14-6-5-7-15(12-14)21-18(24)10-11-20(26)23-13-19(25)22-16-8-3-4-9-17(16)23/h3-9,12H,2,10-11,13H2,1H3,(H,21,24)(H,22,25). The molecule has 0 atom stereocenters. The van der Waals surface area contributed by atoms with E-state index in [0.29, 0.717) is 11.4 Å². The minimum atomic E-state index is -0.246. The Morgan fingerprint density at radius 2 is 1.92 bits per heavy atom. The molecule has 0 saturated heterocycles. The summed E-state index contributed by atoms with van der Waals surface area (Å²) in [6.07, 6.45) is 0.995. The highest BCUT2D eigenvalue weighted by Crippen LogP contribution is 2.29. The lowest BCUT2D eigenvalue weighted by Crippen LogP contribution is -2.42. The van der Waals surface area contributed by atoms with Gasteiger partial charge in [0.1, 0.15) is 6.54 Å². The van der Waals surface area contributed by atoms with E-state index in [2.05, 4.69) is 10.6 Å². The minimum Gasteiger partial charge on any atom is -0.326 e. The van der Waals surface area contributed by atoms with E-state index in [9.17, 15) is 14.4 Å². The maximum atomic E-state index is 12.5. The van der Waals surface area contributed by atoms with Crippen LogP contribution in [-0.4, -0.2) is 24.3 Å². The van der Waals surface area contributed by atoms with Crippen LogP contribution in [0, 0.1) is 0 Å². The predicted octanol–water partition coefficient (Wildman–Crippen LogP) is 2.95. The summed E-state index contributed by atoms with van der Waals surface area (Å²) < 4.78 is 0. The van der Waals surface area contributed by atoms with Crippen LogP contribution >= 0.6 is 0 Å². The van der Waals surface area contributed by atoms with Crippen molar-refractivity contribution in [1.82, 2.24) is 0 Å². The Morgan fingerprint density at radius 3 is 2.73 bits per heavy atom. The second-order valence-electron chi connectivity index (χ2n) is 6.15. The normalized spacial score (nSPS) is 13.0. The van der Waals surface area contributed by atoms with Gasteiger partial charge in [-0.25, -0.2) is 0 Å². The van der Waals surface area contributed by atoms with Gasteiger partial charge in [-0.1, -0.05) is 31.2 Å². The maximum absolute atomic E-state index is 12.5. The van der Waals surface area contributed by atoms with Crippen molar-refractivity contribution in [1.29, 1.82) is 0 Å². The second-order valence-corrected chi connectivity index (χ2v) is 6.15. The molecule has 6 heteroatoms. The van der Waals surface area contributed by atoms with Crippen LogP contribution in [0.3, 0.4) is 0 Å². The molecule has 6 nitrogen and oxygen atoms in total. The summed E-state index contributed by atoms with van der Waals surface area (Å²) in [6, 6.07) is 14.8. The number of benzene rings is 2.